The standard InChI is InChI=1S/C18H20F2O2.C15H16Br2F2O2.C3H4.3H2/c1-3-5-9-7-11-12-8-10(6-4-2)18(22)14(12)16(20)15(19)13(11)17(9)21;1-4-6-7(3)15(21)10-12(17)11(16)9(8(20)5-2)13(18)14(10)19;1-3-2;;;/h9-10H,3-8H2,1-2H3;5,8,15,20-21H,2-4,6H2,1H3;1H,2H3;3*1H. The van der Waals surface area contributed by atoms with Crippen molar-refractivity contribution >= 4 is 43.4 Å². The summed E-state index contributed by atoms with van der Waals surface area (Å²) in [6.45, 7) is 14.5. The fourth-order valence-electron chi connectivity index (χ4n) is 5.95. The van der Waals surface area contributed by atoms with E-state index in [1.54, 1.807) is 6.92 Å². The average molecular weight is 779 g/mol. The van der Waals surface area contributed by atoms with Gasteiger partial charge in [-0.25, -0.2) is 17.6 Å². The van der Waals surface area contributed by atoms with E-state index in [0.29, 0.717) is 48.8 Å². The number of rotatable bonds is 10. The summed E-state index contributed by atoms with van der Waals surface area (Å²) in [6, 6.07) is 0. The van der Waals surface area contributed by atoms with Crippen LogP contribution in [0.3, 0.4) is 0 Å². The van der Waals surface area contributed by atoms with Gasteiger partial charge in [0.25, 0.3) is 0 Å². The number of ketones is 2. The minimum atomic E-state index is -1.37. The number of carbonyl (C=O) groups excluding carboxylic acids is 2. The Morgan fingerprint density at radius 1 is 0.891 bits per heavy atom. The predicted molar refractivity (Wildman–Crippen MR) is 186 cm³/mol. The lowest BCUT2D eigenvalue weighted by molar-refractivity contribution is 0.0914. The van der Waals surface area contributed by atoms with Crippen molar-refractivity contribution in [3.05, 3.63) is 90.4 Å². The first kappa shape index (κ1) is 39.6. The average Bonchev–Trinajstić information content (AvgIpc) is 3.52. The Balaban J connectivity index is 0. The molecule has 2 aliphatic rings. The first-order chi connectivity index (χ1) is 21.7. The minimum absolute atomic E-state index is 0. The smallest absolute Gasteiger partial charge is 0.170 e. The maximum Gasteiger partial charge on any atom is 0.170 e. The second-order valence-electron chi connectivity index (χ2n) is 11.3. The maximum atomic E-state index is 14.4. The molecule has 10 heteroatoms. The zero-order chi connectivity index (χ0) is 35.0. The molecule has 0 amide bonds. The Morgan fingerprint density at radius 2 is 1.28 bits per heavy atom. The van der Waals surface area contributed by atoms with Gasteiger partial charge in [-0.1, -0.05) is 52.7 Å². The van der Waals surface area contributed by atoms with Gasteiger partial charge in [0.1, 0.15) is 12.2 Å². The number of hydrogen-bond acceptors (Lipinski definition) is 4. The molecule has 2 aromatic carbocycles. The van der Waals surface area contributed by atoms with Gasteiger partial charge < -0.3 is 10.2 Å². The van der Waals surface area contributed by atoms with Gasteiger partial charge in [-0.3, -0.25) is 9.59 Å². The summed E-state index contributed by atoms with van der Waals surface area (Å²) in [7, 11) is 0. The van der Waals surface area contributed by atoms with Gasteiger partial charge in [-0.15, -0.1) is 18.9 Å². The van der Waals surface area contributed by atoms with E-state index in [2.05, 4.69) is 57.4 Å². The molecule has 0 saturated heterocycles. The number of benzene rings is 2. The van der Waals surface area contributed by atoms with Crippen LogP contribution in [-0.4, -0.2) is 21.8 Å². The van der Waals surface area contributed by atoms with E-state index >= 15 is 0 Å². The van der Waals surface area contributed by atoms with Crippen molar-refractivity contribution in [2.75, 3.05) is 0 Å². The van der Waals surface area contributed by atoms with Gasteiger partial charge in [-0.2, -0.15) is 0 Å². The topological polar surface area (TPSA) is 74.6 Å². The quantitative estimate of drug-likeness (QED) is 0.109. The highest BCUT2D eigenvalue weighted by Gasteiger charge is 2.43. The molecule has 4 unspecified atom stereocenters. The summed E-state index contributed by atoms with van der Waals surface area (Å²) in [6.07, 6.45) is 8.11. The summed E-state index contributed by atoms with van der Waals surface area (Å²) in [4.78, 5) is 24.7. The van der Waals surface area contributed by atoms with Crippen molar-refractivity contribution < 1.29 is 41.6 Å². The van der Waals surface area contributed by atoms with Gasteiger partial charge in [0.2, 0.25) is 0 Å². The molecule has 2 aromatic rings. The van der Waals surface area contributed by atoms with Crippen molar-refractivity contribution in [1.29, 1.82) is 0 Å². The fraction of sp³-hybridized carbons (Fsp3) is 0.444. The molecule has 46 heavy (non-hydrogen) atoms. The molecule has 4 rings (SSSR count). The number of terminal acetylenes is 1. The van der Waals surface area contributed by atoms with Crippen LogP contribution < -0.4 is 0 Å². The van der Waals surface area contributed by atoms with Crippen molar-refractivity contribution in [2.24, 2.45) is 11.8 Å². The second kappa shape index (κ2) is 17.5. The Hall–Kier alpha value is -2.58. The second-order valence-corrected chi connectivity index (χ2v) is 12.9. The van der Waals surface area contributed by atoms with E-state index in [-0.39, 0.29) is 58.9 Å². The maximum absolute atomic E-state index is 14.4. The molecule has 0 bridgehead atoms. The summed E-state index contributed by atoms with van der Waals surface area (Å²) in [5, 5.41) is 19.9. The molecule has 0 aromatic heterocycles. The van der Waals surface area contributed by atoms with Crippen LogP contribution in [0.2, 0.25) is 0 Å². The third-order valence-electron chi connectivity index (χ3n) is 8.09. The highest BCUT2D eigenvalue weighted by molar-refractivity contribution is 9.13. The predicted octanol–water partition coefficient (Wildman–Crippen LogP) is 10.8. The fourth-order valence-corrected chi connectivity index (χ4v) is 7.17. The molecule has 4 atom stereocenters. The molecule has 4 nitrogen and oxygen atoms in total. The third-order valence-corrected chi connectivity index (χ3v) is 10.3. The Morgan fingerprint density at radius 3 is 1.65 bits per heavy atom. The number of fused-ring (bicyclic) bond motifs is 3. The molecule has 0 aliphatic heterocycles. The van der Waals surface area contributed by atoms with Crippen LogP contribution in [0.15, 0.2) is 33.8 Å². The minimum Gasteiger partial charge on any atom is -0.384 e. The van der Waals surface area contributed by atoms with E-state index in [1.165, 1.54) is 0 Å². The van der Waals surface area contributed by atoms with Crippen LogP contribution in [-0.2, 0) is 12.8 Å². The van der Waals surface area contributed by atoms with Crippen LogP contribution in [0, 0.1) is 47.4 Å². The Labute approximate surface area is 290 Å². The number of hydrogen-bond donors (Lipinski definition) is 2. The summed E-state index contributed by atoms with van der Waals surface area (Å²) in [5.74, 6) is -3.52. The first-order valence-electron chi connectivity index (χ1n) is 15.2. The van der Waals surface area contributed by atoms with Crippen LogP contribution in [0.5, 0.6) is 0 Å². The molecular weight excluding hydrogens is 732 g/mol. The van der Waals surface area contributed by atoms with E-state index in [0.717, 1.165) is 25.3 Å². The molecule has 0 radical (unpaired) electrons. The van der Waals surface area contributed by atoms with Crippen LogP contribution in [0.4, 0.5) is 17.6 Å². The lowest BCUT2D eigenvalue weighted by Gasteiger charge is -2.20. The zero-order valence-corrected chi connectivity index (χ0v) is 29.7. The van der Waals surface area contributed by atoms with E-state index in [4.69, 9.17) is 0 Å². The van der Waals surface area contributed by atoms with Gasteiger partial charge in [0, 0.05) is 36.2 Å². The number of halogens is 6. The third kappa shape index (κ3) is 7.92. The summed E-state index contributed by atoms with van der Waals surface area (Å²) < 4.78 is 57.4. The van der Waals surface area contributed by atoms with E-state index in [9.17, 15) is 37.4 Å². The molecule has 0 saturated carbocycles. The first-order valence-corrected chi connectivity index (χ1v) is 16.8. The van der Waals surface area contributed by atoms with Gasteiger partial charge >= 0.3 is 0 Å². The Bertz CT molecular complexity index is 1480. The van der Waals surface area contributed by atoms with E-state index < -0.39 is 35.5 Å². The molecule has 256 valence electrons. The molecule has 0 heterocycles. The van der Waals surface area contributed by atoms with Gasteiger partial charge in [-0.05, 0) is 87.6 Å². The monoisotopic (exact) mass is 776 g/mol. The number of Topliss-reactive ketones (excluding diaryl/α,β-unsaturated/α-hetero) is 2. The van der Waals surface area contributed by atoms with Gasteiger partial charge in [0.15, 0.2) is 34.8 Å². The summed E-state index contributed by atoms with van der Waals surface area (Å²) >= 11 is 6.25. The van der Waals surface area contributed by atoms with Crippen LogP contribution >= 0.6 is 31.9 Å². The molecule has 0 spiro atoms. The van der Waals surface area contributed by atoms with Crippen molar-refractivity contribution in [3.63, 3.8) is 0 Å². The normalized spacial score (nSPS) is 17.5. The lowest BCUT2D eigenvalue weighted by Crippen LogP contribution is -2.12. The molecule has 0 fully saturated rings. The highest BCUT2D eigenvalue weighted by Crippen LogP contribution is 2.44. The molecular formula is C36H46Br2F4O4. The SMILES string of the molecule is C#CC.C=CC(O)c1c(F)c(F)c(C(O)C(=C)CCC)c(Br)c1Br.CCCC1Cc2c3c(c(F)c(F)c2C1=O)C(=O)C(CCC)C3.[HH].[HH].[HH]. The van der Waals surface area contributed by atoms with Crippen molar-refractivity contribution in [3.8, 4) is 12.3 Å². The zero-order valence-electron chi connectivity index (χ0n) is 26.5. The number of carbonyl (C=O) groups is 2. The van der Waals surface area contributed by atoms with Crippen LogP contribution in [0.1, 0.15) is 126 Å². The van der Waals surface area contributed by atoms with Crippen molar-refractivity contribution in [2.45, 2.75) is 91.3 Å². The largest absolute Gasteiger partial charge is 0.384 e. The number of aliphatic hydroxyl groups excluding tert-OH is 2. The van der Waals surface area contributed by atoms with E-state index in [1.807, 2.05) is 20.8 Å². The molecule has 2 N–H and O–H groups in total. The Kier molecular flexibility index (Phi) is 15.1. The highest BCUT2D eigenvalue weighted by atomic mass is 79.9. The van der Waals surface area contributed by atoms with Crippen molar-refractivity contribution in [1.82, 2.24) is 0 Å². The lowest BCUT2D eigenvalue weighted by atomic mass is 9.96. The number of aliphatic hydroxyl groups is 2. The molecule has 2 aliphatic carbocycles. The van der Waals surface area contributed by atoms with Gasteiger partial charge in [0.05, 0.1) is 11.1 Å². The summed E-state index contributed by atoms with van der Waals surface area (Å²) in [5.41, 5.74) is 0.914. The van der Waals surface area contributed by atoms with Crippen LogP contribution in [0.25, 0.3) is 0 Å².